The molecule has 1 aliphatic heterocycles. The van der Waals surface area contributed by atoms with Crippen LogP contribution in [0.1, 0.15) is 20.7 Å². The van der Waals surface area contributed by atoms with Crippen molar-refractivity contribution < 1.29 is 14.4 Å². The normalized spacial score (nSPS) is 13.5. The molecule has 4 rings (SSSR count). The van der Waals surface area contributed by atoms with Crippen molar-refractivity contribution in [1.29, 1.82) is 0 Å². The lowest BCUT2D eigenvalue weighted by molar-refractivity contribution is -0.131. The minimum Gasteiger partial charge on any atom is -0.343 e. The number of benzene rings is 3. The van der Waals surface area contributed by atoms with Crippen molar-refractivity contribution in [3.63, 3.8) is 0 Å². The quantitative estimate of drug-likeness (QED) is 0.572. The van der Waals surface area contributed by atoms with E-state index in [-0.39, 0.29) is 24.3 Å². The molecule has 6 nitrogen and oxygen atoms in total. The van der Waals surface area contributed by atoms with Gasteiger partial charge in [-0.1, -0.05) is 54.6 Å². The van der Waals surface area contributed by atoms with Crippen LogP contribution < -0.4 is 5.32 Å². The number of hydrogen-bond donors (Lipinski definition) is 1. The van der Waals surface area contributed by atoms with Crippen LogP contribution >= 0.6 is 15.9 Å². The minimum atomic E-state index is -0.286. The van der Waals surface area contributed by atoms with E-state index in [2.05, 4.69) is 21.2 Å². The Balaban J connectivity index is 1.26. The zero-order valence-electron chi connectivity index (χ0n) is 18.0. The fraction of sp³-hybridized carbons (Fsp3) is 0.192. The summed E-state index contributed by atoms with van der Waals surface area (Å²) in [7, 11) is 0. The summed E-state index contributed by atoms with van der Waals surface area (Å²) in [5.74, 6) is -0.496. The fourth-order valence-corrected chi connectivity index (χ4v) is 4.23. The van der Waals surface area contributed by atoms with Crippen LogP contribution in [0, 0.1) is 0 Å². The van der Waals surface area contributed by atoms with E-state index in [0.29, 0.717) is 37.3 Å². The molecule has 1 saturated heterocycles. The van der Waals surface area contributed by atoms with Gasteiger partial charge in [0.1, 0.15) is 0 Å². The number of piperazine rings is 1. The predicted octanol–water partition coefficient (Wildman–Crippen LogP) is 3.83. The molecule has 0 aromatic heterocycles. The predicted molar refractivity (Wildman–Crippen MR) is 131 cm³/mol. The lowest BCUT2D eigenvalue weighted by atomic mass is 10.0. The van der Waals surface area contributed by atoms with Gasteiger partial charge in [-0.15, -0.1) is 0 Å². The van der Waals surface area contributed by atoms with E-state index >= 15 is 0 Å². The molecule has 3 amide bonds. The van der Waals surface area contributed by atoms with Crippen molar-refractivity contribution in [2.24, 2.45) is 0 Å². The maximum Gasteiger partial charge on any atom is 0.255 e. The third-order valence-electron chi connectivity index (χ3n) is 5.68. The van der Waals surface area contributed by atoms with Crippen molar-refractivity contribution in [3.8, 4) is 11.1 Å². The average molecular weight is 506 g/mol. The molecule has 0 saturated carbocycles. The number of carbonyl (C=O) groups excluding carboxylic acids is 3. The summed E-state index contributed by atoms with van der Waals surface area (Å²) in [6, 6.07) is 24.6. The fourth-order valence-electron chi connectivity index (χ4n) is 3.78. The zero-order valence-corrected chi connectivity index (χ0v) is 19.6. The summed E-state index contributed by atoms with van der Waals surface area (Å²) in [5, 5.41) is 2.71. The van der Waals surface area contributed by atoms with Crippen molar-refractivity contribution >= 4 is 33.7 Å². The van der Waals surface area contributed by atoms with Gasteiger partial charge in [0.2, 0.25) is 5.91 Å². The second-order valence-corrected chi connectivity index (χ2v) is 8.63. The first-order valence-corrected chi connectivity index (χ1v) is 11.6. The number of rotatable bonds is 5. The molecule has 1 N–H and O–H groups in total. The molecule has 0 aliphatic carbocycles. The molecule has 0 atom stereocenters. The monoisotopic (exact) mass is 505 g/mol. The van der Waals surface area contributed by atoms with Crippen LogP contribution in [0.3, 0.4) is 0 Å². The Morgan fingerprint density at radius 2 is 1.30 bits per heavy atom. The van der Waals surface area contributed by atoms with Gasteiger partial charge in [0, 0.05) is 36.2 Å². The first kappa shape index (κ1) is 22.7. The van der Waals surface area contributed by atoms with Gasteiger partial charge in [-0.05, 0) is 51.3 Å². The van der Waals surface area contributed by atoms with Crippen LogP contribution in [0.5, 0.6) is 0 Å². The lowest BCUT2D eigenvalue weighted by Crippen LogP contribution is -2.52. The number of halogens is 1. The highest BCUT2D eigenvalue weighted by Gasteiger charge is 2.25. The highest BCUT2D eigenvalue weighted by Crippen LogP contribution is 2.20. The smallest absolute Gasteiger partial charge is 0.255 e. The van der Waals surface area contributed by atoms with Gasteiger partial charge in [0.05, 0.1) is 12.1 Å². The van der Waals surface area contributed by atoms with Gasteiger partial charge in [-0.3, -0.25) is 14.4 Å². The standard InChI is InChI=1S/C26H24BrN3O3/c27-23-9-5-4-8-22(23)26(33)30-16-14-29(15-17-30)24(31)18-28-25(32)21-12-10-20(11-13-21)19-6-2-1-3-7-19/h1-13H,14-18H2,(H,28,32). The second kappa shape index (κ2) is 10.4. The van der Waals surface area contributed by atoms with Gasteiger partial charge in [0.25, 0.3) is 11.8 Å². The van der Waals surface area contributed by atoms with Crippen LogP contribution in [0.25, 0.3) is 11.1 Å². The molecular weight excluding hydrogens is 482 g/mol. The van der Waals surface area contributed by atoms with Crippen molar-refractivity contribution in [1.82, 2.24) is 15.1 Å². The summed E-state index contributed by atoms with van der Waals surface area (Å²) in [4.78, 5) is 41.2. The summed E-state index contributed by atoms with van der Waals surface area (Å²) in [6.07, 6.45) is 0. The van der Waals surface area contributed by atoms with E-state index in [1.165, 1.54) is 0 Å². The topological polar surface area (TPSA) is 69.7 Å². The second-order valence-electron chi connectivity index (χ2n) is 7.78. The zero-order chi connectivity index (χ0) is 23.2. The molecule has 0 spiro atoms. The Hall–Kier alpha value is -3.45. The van der Waals surface area contributed by atoms with Crippen LogP contribution in [0.4, 0.5) is 0 Å². The Morgan fingerprint density at radius 3 is 1.97 bits per heavy atom. The first-order chi connectivity index (χ1) is 16.0. The van der Waals surface area contributed by atoms with E-state index in [0.717, 1.165) is 15.6 Å². The molecule has 1 heterocycles. The van der Waals surface area contributed by atoms with Crippen molar-refractivity contribution in [3.05, 3.63) is 94.5 Å². The molecule has 1 fully saturated rings. The molecule has 3 aromatic rings. The molecule has 0 radical (unpaired) electrons. The summed E-state index contributed by atoms with van der Waals surface area (Å²) in [5.41, 5.74) is 3.23. The van der Waals surface area contributed by atoms with Gasteiger partial charge < -0.3 is 15.1 Å². The molecular formula is C26H24BrN3O3. The molecule has 33 heavy (non-hydrogen) atoms. The van der Waals surface area contributed by atoms with E-state index < -0.39 is 0 Å². The third kappa shape index (κ3) is 5.49. The van der Waals surface area contributed by atoms with Gasteiger partial charge in [0.15, 0.2) is 0 Å². The number of hydrogen-bond acceptors (Lipinski definition) is 3. The molecule has 7 heteroatoms. The minimum absolute atomic E-state index is 0.0539. The Bertz CT molecular complexity index is 1140. The Labute approximate surface area is 201 Å². The van der Waals surface area contributed by atoms with Crippen LogP contribution in [0.15, 0.2) is 83.3 Å². The molecule has 168 valence electrons. The van der Waals surface area contributed by atoms with E-state index in [1.807, 2.05) is 60.7 Å². The number of amides is 3. The lowest BCUT2D eigenvalue weighted by Gasteiger charge is -2.35. The largest absolute Gasteiger partial charge is 0.343 e. The highest BCUT2D eigenvalue weighted by atomic mass is 79.9. The average Bonchev–Trinajstić information content (AvgIpc) is 2.87. The van der Waals surface area contributed by atoms with Crippen molar-refractivity contribution in [2.45, 2.75) is 0 Å². The van der Waals surface area contributed by atoms with Gasteiger partial charge in [-0.2, -0.15) is 0 Å². The van der Waals surface area contributed by atoms with Gasteiger partial charge >= 0.3 is 0 Å². The first-order valence-electron chi connectivity index (χ1n) is 10.8. The number of carbonyl (C=O) groups is 3. The Morgan fingerprint density at radius 1 is 0.727 bits per heavy atom. The SMILES string of the molecule is O=C(NCC(=O)N1CCN(C(=O)c2ccccc2Br)CC1)c1ccc(-c2ccccc2)cc1. The van der Waals surface area contributed by atoms with Crippen LogP contribution in [-0.2, 0) is 4.79 Å². The number of nitrogens with zero attached hydrogens (tertiary/aromatic N) is 2. The molecule has 3 aromatic carbocycles. The molecule has 1 aliphatic rings. The maximum absolute atomic E-state index is 12.7. The van der Waals surface area contributed by atoms with E-state index in [9.17, 15) is 14.4 Å². The summed E-state index contributed by atoms with van der Waals surface area (Å²) >= 11 is 3.42. The summed E-state index contributed by atoms with van der Waals surface area (Å²) in [6.45, 7) is 1.73. The summed E-state index contributed by atoms with van der Waals surface area (Å²) < 4.78 is 0.757. The Kier molecular flexibility index (Phi) is 7.19. The van der Waals surface area contributed by atoms with Crippen LogP contribution in [0.2, 0.25) is 0 Å². The highest BCUT2D eigenvalue weighted by molar-refractivity contribution is 9.10. The van der Waals surface area contributed by atoms with Crippen LogP contribution in [-0.4, -0.2) is 60.2 Å². The van der Waals surface area contributed by atoms with Crippen molar-refractivity contribution in [2.75, 3.05) is 32.7 Å². The molecule has 0 bridgehead atoms. The number of nitrogens with one attached hydrogen (secondary N) is 1. The van der Waals surface area contributed by atoms with E-state index in [1.54, 1.807) is 28.0 Å². The maximum atomic E-state index is 12.7. The third-order valence-corrected chi connectivity index (χ3v) is 6.37. The molecule has 0 unspecified atom stereocenters. The van der Waals surface area contributed by atoms with E-state index in [4.69, 9.17) is 0 Å². The van der Waals surface area contributed by atoms with Gasteiger partial charge in [-0.25, -0.2) is 0 Å².